The molecule has 0 N–H and O–H groups in total. The lowest BCUT2D eigenvalue weighted by Crippen LogP contribution is -2.53. The maximum absolute atomic E-state index is 12.5. The van der Waals surface area contributed by atoms with Crippen LogP contribution in [0.1, 0.15) is 5.56 Å². The van der Waals surface area contributed by atoms with Crippen molar-refractivity contribution in [1.29, 1.82) is 0 Å². The molecule has 7 heteroatoms. The summed E-state index contributed by atoms with van der Waals surface area (Å²) in [7, 11) is 1.36. The lowest BCUT2D eigenvalue weighted by atomic mass is 10.1. The second-order valence-corrected chi connectivity index (χ2v) is 8.33. The van der Waals surface area contributed by atoms with E-state index in [1.807, 2.05) is 113 Å². The molecule has 0 fully saturated rings. The first-order valence-electron chi connectivity index (χ1n) is 10.1. The molecule has 2 aliphatic rings. The van der Waals surface area contributed by atoms with Crippen LogP contribution in [0.2, 0.25) is 0 Å². The molecule has 3 aromatic carbocycles. The fourth-order valence-electron chi connectivity index (χ4n) is 3.63. The van der Waals surface area contributed by atoms with Gasteiger partial charge in [0.15, 0.2) is 0 Å². The van der Waals surface area contributed by atoms with Crippen LogP contribution in [0.25, 0.3) is 0 Å². The number of nitrogens with zero attached hydrogens (tertiary/aromatic N) is 4. The van der Waals surface area contributed by atoms with E-state index in [-0.39, 0.29) is 5.04 Å². The fourth-order valence-corrected chi connectivity index (χ4v) is 4.81. The van der Waals surface area contributed by atoms with Crippen LogP contribution in [0.3, 0.4) is 0 Å². The Morgan fingerprint density at radius 3 is 1.91 bits per heavy atom. The summed E-state index contributed by atoms with van der Waals surface area (Å²) in [6.07, 6.45) is 4.01. The van der Waals surface area contributed by atoms with Crippen molar-refractivity contribution in [2.24, 2.45) is 10.2 Å². The van der Waals surface area contributed by atoms with E-state index < -0.39 is 11.0 Å². The van der Waals surface area contributed by atoms with Crippen LogP contribution in [0, 0.1) is 0 Å². The monoisotopic (exact) mass is 440 g/mol. The molecule has 32 heavy (non-hydrogen) atoms. The van der Waals surface area contributed by atoms with Gasteiger partial charge in [0.1, 0.15) is 0 Å². The van der Waals surface area contributed by atoms with Crippen molar-refractivity contribution < 1.29 is 9.53 Å². The summed E-state index contributed by atoms with van der Waals surface area (Å²) in [5.74, 6) is -0.480. The van der Waals surface area contributed by atoms with Crippen molar-refractivity contribution in [3.05, 3.63) is 109 Å². The van der Waals surface area contributed by atoms with E-state index in [9.17, 15) is 4.79 Å². The number of anilines is 2. The molecule has 0 amide bonds. The highest BCUT2D eigenvalue weighted by molar-refractivity contribution is 8.17. The number of allylic oxidation sites excluding steroid dienone is 1. The first-order chi connectivity index (χ1) is 15.7. The van der Waals surface area contributed by atoms with Crippen molar-refractivity contribution in [3.63, 3.8) is 0 Å². The quantitative estimate of drug-likeness (QED) is 0.542. The summed E-state index contributed by atoms with van der Waals surface area (Å²) in [6.45, 7) is 0. The maximum atomic E-state index is 12.5. The van der Waals surface area contributed by atoms with Gasteiger partial charge in [-0.05, 0) is 48.2 Å². The summed E-state index contributed by atoms with van der Waals surface area (Å²) < 4.78 is 4.99. The standard InChI is InChI=1S/C25H20N4O2S/c1-31-24(30)23-27-29(21-15-9-4-10-16-21)25(32-23)18-17-22(19-11-5-2-6-12-19)26-28(25)20-13-7-3-8-14-20/h2-18H,1H3/t25-/m1/s1. The molecule has 2 aliphatic heterocycles. The molecule has 0 saturated heterocycles. The van der Waals surface area contributed by atoms with Gasteiger partial charge in [-0.3, -0.25) is 0 Å². The molecular weight excluding hydrogens is 420 g/mol. The molecule has 0 radical (unpaired) electrons. The second-order valence-electron chi connectivity index (χ2n) is 7.14. The Morgan fingerprint density at radius 1 is 0.812 bits per heavy atom. The summed E-state index contributed by atoms with van der Waals surface area (Å²) >= 11 is 1.30. The number of esters is 1. The van der Waals surface area contributed by atoms with Gasteiger partial charge in [0.05, 0.1) is 24.2 Å². The molecule has 3 aromatic rings. The normalized spacial score (nSPS) is 19.7. The third kappa shape index (κ3) is 3.46. The third-order valence-corrected chi connectivity index (χ3v) is 6.37. The summed E-state index contributed by atoms with van der Waals surface area (Å²) in [6, 6.07) is 29.6. The zero-order chi connectivity index (χ0) is 22.0. The van der Waals surface area contributed by atoms with E-state index in [1.54, 1.807) is 0 Å². The molecule has 0 aromatic heterocycles. The zero-order valence-corrected chi connectivity index (χ0v) is 18.1. The highest BCUT2D eigenvalue weighted by Gasteiger charge is 2.51. The number of rotatable bonds is 4. The summed E-state index contributed by atoms with van der Waals surface area (Å²) in [4.78, 5) is 11.6. The van der Waals surface area contributed by atoms with Gasteiger partial charge in [0, 0.05) is 5.56 Å². The minimum absolute atomic E-state index is 0.264. The van der Waals surface area contributed by atoms with Crippen molar-refractivity contribution in [2.75, 3.05) is 17.1 Å². The van der Waals surface area contributed by atoms with Crippen LogP contribution < -0.4 is 10.0 Å². The molecule has 1 atom stereocenters. The van der Waals surface area contributed by atoms with Crippen LogP contribution in [-0.4, -0.2) is 28.8 Å². The molecule has 1 spiro atoms. The number of hydrogen-bond acceptors (Lipinski definition) is 7. The number of hydrogen-bond donors (Lipinski definition) is 0. The number of carbonyl (C=O) groups excluding carboxylic acids is 1. The fraction of sp³-hybridized carbons (Fsp3) is 0.0800. The van der Waals surface area contributed by atoms with E-state index in [0.29, 0.717) is 0 Å². The van der Waals surface area contributed by atoms with Crippen LogP contribution in [-0.2, 0) is 9.53 Å². The molecule has 0 bridgehead atoms. The SMILES string of the molecule is COC(=O)C1=NN(c2ccccc2)[C@]2(C=CC(c3ccccc3)=NN2c2ccccc2)S1. The van der Waals surface area contributed by atoms with Crippen LogP contribution in [0.4, 0.5) is 11.4 Å². The molecule has 5 rings (SSSR count). The van der Waals surface area contributed by atoms with Crippen LogP contribution >= 0.6 is 11.8 Å². The Bertz CT molecular complexity index is 1210. The molecular formula is C25H20N4O2S. The van der Waals surface area contributed by atoms with Crippen LogP contribution in [0.5, 0.6) is 0 Å². The van der Waals surface area contributed by atoms with Crippen molar-refractivity contribution in [1.82, 2.24) is 0 Å². The van der Waals surface area contributed by atoms with Gasteiger partial charge in [0.25, 0.3) is 0 Å². The first kappa shape index (κ1) is 20.1. The van der Waals surface area contributed by atoms with Gasteiger partial charge in [-0.1, -0.05) is 66.7 Å². The highest BCUT2D eigenvalue weighted by Crippen LogP contribution is 2.47. The number of thioether (sulfide) groups is 1. The largest absolute Gasteiger partial charge is 0.464 e. The second kappa shape index (κ2) is 8.36. The predicted molar refractivity (Wildman–Crippen MR) is 130 cm³/mol. The van der Waals surface area contributed by atoms with Crippen molar-refractivity contribution >= 4 is 39.9 Å². The van der Waals surface area contributed by atoms with Crippen molar-refractivity contribution in [2.45, 2.75) is 4.99 Å². The van der Waals surface area contributed by atoms with Gasteiger partial charge in [-0.25, -0.2) is 14.8 Å². The molecule has 2 heterocycles. The minimum atomic E-state index is -0.912. The van der Waals surface area contributed by atoms with E-state index in [1.165, 1.54) is 18.9 Å². The Kier molecular flexibility index (Phi) is 5.25. The molecule has 6 nitrogen and oxygen atoms in total. The third-order valence-electron chi connectivity index (χ3n) is 5.14. The minimum Gasteiger partial charge on any atom is -0.464 e. The van der Waals surface area contributed by atoms with Gasteiger partial charge >= 0.3 is 5.97 Å². The number of para-hydroxylation sites is 2. The topological polar surface area (TPSA) is 57.5 Å². The lowest BCUT2D eigenvalue weighted by Gasteiger charge is -2.43. The Balaban J connectivity index is 1.67. The summed E-state index contributed by atoms with van der Waals surface area (Å²) in [5, 5.41) is 13.7. The molecule has 0 unspecified atom stereocenters. The predicted octanol–water partition coefficient (Wildman–Crippen LogP) is 4.86. The van der Waals surface area contributed by atoms with E-state index in [0.717, 1.165) is 22.6 Å². The Hall–Kier alpha value is -3.84. The number of ether oxygens (including phenoxy) is 1. The first-order valence-corrected chi connectivity index (χ1v) is 10.9. The molecule has 0 aliphatic carbocycles. The van der Waals surface area contributed by atoms with Gasteiger partial charge in [0.2, 0.25) is 10.0 Å². The number of carbonyl (C=O) groups is 1. The smallest absolute Gasteiger partial charge is 0.365 e. The molecule has 158 valence electrons. The highest BCUT2D eigenvalue weighted by atomic mass is 32.2. The Morgan fingerprint density at radius 2 is 1.34 bits per heavy atom. The van der Waals surface area contributed by atoms with Crippen LogP contribution in [0.15, 0.2) is 113 Å². The number of benzene rings is 3. The maximum Gasteiger partial charge on any atom is 0.365 e. The van der Waals surface area contributed by atoms with E-state index >= 15 is 0 Å². The Labute approximate surface area is 190 Å². The lowest BCUT2D eigenvalue weighted by molar-refractivity contribution is -0.132. The van der Waals surface area contributed by atoms with Crippen molar-refractivity contribution in [3.8, 4) is 0 Å². The number of methoxy groups -OCH3 is 1. The average molecular weight is 441 g/mol. The van der Waals surface area contributed by atoms with Gasteiger partial charge in [-0.2, -0.15) is 10.2 Å². The van der Waals surface area contributed by atoms with Gasteiger partial charge in [-0.15, -0.1) is 0 Å². The molecule has 0 saturated carbocycles. The zero-order valence-electron chi connectivity index (χ0n) is 17.3. The number of hydrazone groups is 2. The van der Waals surface area contributed by atoms with E-state index in [4.69, 9.17) is 9.84 Å². The van der Waals surface area contributed by atoms with Gasteiger partial charge < -0.3 is 4.74 Å². The van der Waals surface area contributed by atoms with E-state index in [2.05, 4.69) is 5.10 Å². The summed E-state index contributed by atoms with van der Waals surface area (Å²) in [5.41, 5.74) is 3.53. The average Bonchev–Trinajstić information content (AvgIpc) is 3.25.